The zero-order chi connectivity index (χ0) is 15.1. The van der Waals surface area contributed by atoms with E-state index in [9.17, 15) is 14.9 Å². The number of benzene rings is 1. The van der Waals surface area contributed by atoms with Crippen LogP contribution in [-0.4, -0.2) is 24.0 Å². The SMILES string of the molecule is N#CC1(NC(=O)COC(=O)c2ccccc2)CCCCC1. The van der Waals surface area contributed by atoms with Crippen molar-refractivity contribution in [2.45, 2.75) is 37.6 Å². The third-order valence-electron chi connectivity index (χ3n) is 3.64. The number of esters is 1. The molecule has 0 aliphatic heterocycles. The number of hydrogen-bond acceptors (Lipinski definition) is 4. The Morgan fingerprint density at radius 1 is 1.19 bits per heavy atom. The molecule has 0 spiro atoms. The topological polar surface area (TPSA) is 79.2 Å². The predicted molar refractivity (Wildman–Crippen MR) is 76.3 cm³/mol. The van der Waals surface area contributed by atoms with Crippen LogP contribution >= 0.6 is 0 Å². The molecule has 0 aromatic heterocycles. The highest BCUT2D eigenvalue weighted by atomic mass is 16.5. The lowest BCUT2D eigenvalue weighted by molar-refractivity contribution is -0.125. The van der Waals surface area contributed by atoms with Crippen LogP contribution in [0.25, 0.3) is 0 Å². The summed E-state index contributed by atoms with van der Waals surface area (Å²) < 4.78 is 4.96. The summed E-state index contributed by atoms with van der Waals surface area (Å²) >= 11 is 0. The number of carbonyl (C=O) groups is 2. The second kappa shape index (κ2) is 6.89. The summed E-state index contributed by atoms with van der Waals surface area (Å²) in [6.07, 6.45) is 4.25. The molecule has 0 bridgehead atoms. The van der Waals surface area contributed by atoms with Crippen LogP contribution in [0.5, 0.6) is 0 Å². The van der Waals surface area contributed by atoms with Gasteiger partial charge in [-0.1, -0.05) is 37.5 Å². The Hall–Kier alpha value is -2.35. The molecular formula is C16H18N2O3. The Bertz CT molecular complexity index is 542. The molecule has 0 heterocycles. The summed E-state index contributed by atoms with van der Waals surface area (Å²) in [4.78, 5) is 23.6. The minimum atomic E-state index is -0.797. The number of amides is 1. The molecule has 5 heteroatoms. The molecule has 1 saturated carbocycles. The van der Waals surface area contributed by atoms with E-state index in [2.05, 4.69) is 11.4 Å². The van der Waals surface area contributed by atoms with Crippen molar-refractivity contribution in [2.24, 2.45) is 0 Å². The van der Waals surface area contributed by atoms with Crippen LogP contribution in [-0.2, 0) is 9.53 Å². The van der Waals surface area contributed by atoms with Gasteiger partial charge in [0.15, 0.2) is 6.61 Å². The Morgan fingerprint density at radius 3 is 2.48 bits per heavy atom. The Kier molecular flexibility index (Phi) is 4.94. The molecule has 5 nitrogen and oxygen atoms in total. The third kappa shape index (κ3) is 4.06. The number of nitriles is 1. The van der Waals surface area contributed by atoms with Crippen molar-refractivity contribution in [1.29, 1.82) is 5.26 Å². The molecule has 1 N–H and O–H groups in total. The van der Waals surface area contributed by atoms with Crippen molar-refractivity contribution in [3.63, 3.8) is 0 Å². The number of nitrogens with one attached hydrogen (secondary N) is 1. The van der Waals surface area contributed by atoms with Crippen molar-refractivity contribution in [1.82, 2.24) is 5.32 Å². The zero-order valence-corrected chi connectivity index (χ0v) is 11.8. The van der Waals surface area contributed by atoms with Crippen LogP contribution < -0.4 is 5.32 Å². The lowest BCUT2D eigenvalue weighted by Gasteiger charge is -2.31. The first-order valence-corrected chi connectivity index (χ1v) is 7.10. The highest BCUT2D eigenvalue weighted by Crippen LogP contribution is 2.27. The number of rotatable bonds is 4. The van der Waals surface area contributed by atoms with Gasteiger partial charge in [-0.15, -0.1) is 0 Å². The molecule has 0 saturated heterocycles. The van der Waals surface area contributed by atoms with E-state index in [4.69, 9.17) is 4.74 Å². The van der Waals surface area contributed by atoms with Gasteiger partial charge in [0.1, 0.15) is 5.54 Å². The second-order valence-corrected chi connectivity index (χ2v) is 5.24. The van der Waals surface area contributed by atoms with E-state index >= 15 is 0 Å². The molecule has 0 atom stereocenters. The fourth-order valence-electron chi connectivity index (χ4n) is 2.51. The summed E-state index contributed by atoms with van der Waals surface area (Å²) in [5.74, 6) is -0.969. The summed E-state index contributed by atoms with van der Waals surface area (Å²) in [6, 6.07) is 10.7. The third-order valence-corrected chi connectivity index (χ3v) is 3.64. The van der Waals surface area contributed by atoms with E-state index < -0.39 is 17.4 Å². The molecule has 0 unspecified atom stereocenters. The number of hydrogen-bond donors (Lipinski definition) is 1. The molecule has 1 fully saturated rings. The number of ether oxygens (including phenoxy) is 1. The van der Waals surface area contributed by atoms with Gasteiger partial charge in [-0.05, 0) is 25.0 Å². The molecule has 2 rings (SSSR count). The van der Waals surface area contributed by atoms with E-state index in [-0.39, 0.29) is 6.61 Å². The Balaban J connectivity index is 1.85. The highest BCUT2D eigenvalue weighted by Gasteiger charge is 2.33. The standard InChI is InChI=1S/C16H18N2O3/c17-12-16(9-5-2-6-10-16)18-14(19)11-21-15(20)13-7-3-1-4-8-13/h1,3-4,7-8H,2,5-6,9-11H2,(H,18,19). The summed E-state index contributed by atoms with van der Waals surface area (Å²) in [7, 11) is 0. The van der Waals surface area contributed by atoms with Crippen molar-refractivity contribution in [3.05, 3.63) is 35.9 Å². The average molecular weight is 286 g/mol. The van der Waals surface area contributed by atoms with Crippen LogP contribution in [0.15, 0.2) is 30.3 Å². The Labute approximate surface area is 123 Å². The van der Waals surface area contributed by atoms with Gasteiger partial charge >= 0.3 is 5.97 Å². The quantitative estimate of drug-likeness (QED) is 0.860. The molecule has 1 aromatic carbocycles. The van der Waals surface area contributed by atoms with Crippen molar-refractivity contribution in [2.75, 3.05) is 6.61 Å². The first-order valence-electron chi connectivity index (χ1n) is 7.10. The maximum atomic E-state index is 11.9. The fraction of sp³-hybridized carbons (Fsp3) is 0.438. The lowest BCUT2D eigenvalue weighted by atomic mass is 9.83. The van der Waals surface area contributed by atoms with Gasteiger partial charge in [0, 0.05) is 0 Å². The van der Waals surface area contributed by atoms with E-state index in [1.807, 2.05) is 0 Å². The van der Waals surface area contributed by atoms with Gasteiger partial charge in [0.05, 0.1) is 11.6 Å². The predicted octanol–water partition coefficient (Wildman–Crippen LogP) is 2.19. The summed E-state index contributed by atoms with van der Waals surface area (Å²) in [5, 5.41) is 12.0. The highest BCUT2D eigenvalue weighted by molar-refractivity contribution is 5.91. The largest absolute Gasteiger partial charge is 0.452 e. The molecular weight excluding hydrogens is 268 g/mol. The maximum Gasteiger partial charge on any atom is 0.338 e. The maximum absolute atomic E-state index is 11.9. The van der Waals surface area contributed by atoms with E-state index in [1.54, 1.807) is 30.3 Å². The van der Waals surface area contributed by atoms with Crippen LogP contribution in [0.1, 0.15) is 42.5 Å². The summed E-state index contributed by atoms with van der Waals surface area (Å²) in [6.45, 7) is -0.364. The first-order chi connectivity index (χ1) is 10.2. The van der Waals surface area contributed by atoms with Crippen molar-refractivity contribution in [3.8, 4) is 6.07 Å². The van der Waals surface area contributed by atoms with Crippen molar-refractivity contribution >= 4 is 11.9 Å². The monoisotopic (exact) mass is 286 g/mol. The van der Waals surface area contributed by atoms with Crippen LogP contribution in [0.3, 0.4) is 0 Å². The zero-order valence-electron chi connectivity index (χ0n) is 11.8. The minimum absolute atomic E-state index is 0.364. The molecule has 1 aliphatic carbocycles. The normalized spacial score (nSPS) is 16.5. The molecule has 0 radical (unpaired) electrons. The van der Waals surface area contributed by atoms with Crippen LogP contribution in [0.4, 0.5) is 0 Å². The van der Waals surface area contributed by atoms with E-state index in [0.29, 0.717) is 18.4 Å². The van der Waals surface area contributed by atoms with Crippen LogP contribution in [0, 0.1) is 11.3 Å². The minimum Gasteiger partial charge on any atom is -0.452 e. The Morgan fingerprint density at radius 2 is 1.86 bits per heavy atom. The molecule has 1 aliphatic rings. The van der Waals surface area contributed by atoms with Gasteiger partial charge in [0.2, 0.25) is 0 Å². The van der Waals surface area contributed by atoms with Gasteiger partial charge < -0.3 is 10.1 Å². The van der Waals surface area contributed by atoms with Gasteiger partial charge in [0.25, 0.3) is 5.91 Å². The molecule has 110 valence electrons. The average Bonchev–Trinajstić information content (AvgIpc) is 2.54. The first kappa shape index (κ1) is 15.0. The lowest BCUT2D eigenvalue weighted by Crippen LogP contribution is -2.50. The van der Waals surface area contributed by atoms with Gasteiger partial charge in [-0.3, -0.25) is 4.79 Å². The van der Waals surface area contributed by atoms with Gasteiger partial charge in [-0.2, -0.15) is 5.26 Å². The number of carbonyl (C=O) groups excluding carboxylic acids is 2. The van der Waals surface area contributed by atoms with Gasteiger partial charge in [-0.25, -0.2) is 4.79 Å². The fourth-order valence-corrected chi connectivity index (χ4v) is 2.51. The molecule has 1 amide bonds. The summed E-state index contributed by atoms with van der Waals surface area (Å²) in [5.41, 5.74) is -0.396. The second-order valence-electron chi connectivity index (χ2n) is 5.24. The molecule has 1 aromatic rings. The van der Waals surface area contributed by atoms with Crippen LogP contribution in [0.2, 0.25) is 0 Å². The van der Waals surface area contributed by atoms with Crippen molar-refractivity contribution < 1.29 is 14.3 Å². The van der Waals surface area contributed by atoms with E-state index in [1.165, 1.54) is 0 Å². The molecule has 21 heavy (non-hydrogen) atoms. The van der Waals surface area contributed by atoms with E-state index in [0.717, 1.165) is 19.3 Å². The number of nitrogens with zero attached hydrogens (tertiary/aromatic N) is 1. The smallest absolute Gasteiger partial charge is 0.338 e.